The fourth-order valence-corrected chi connectivity index (χ4v) is 2.83. The molecule has 2 rings (SSSR count). The minimum Gasteiger partial charge on any atom is -0.381 e. The van der Waals surface area contributed by atoms with Gasteiger partial charge in [0.1, 0.15) is 0 Å². The average molecular weight is 226 g/mol. The molecular weight excluding hydrogens is 200 g/mol. The number of rotatable bonds is 5. The molecule has 0 radical (unpaired) electrons. The molecule has 2 aliphatic heterocycles. The molecule has 0 spiro atoms. The number of piperidine rings is 1. The maximum absolute atomic E-state index is 5.80. The molecule has 2 heterocycles. The van der Waals surface area contributed by atoms with Crippen LogP contribution in [0.25, 0.3) is 0 Å². The van der Waals surface area contributed by atoms with E-state index < -0.39 is 0 Å². The number of hydrogen-bond donors (Lipinski definition) is 1. The second kappa shape index (κ2) is 6.58. The van der Waals surface area contributed by atoms with Gasteiger partial charge in [0.2, 0.25) is 0 Å². The van der Waals surface area contributed by atoms with Gasteiger partial charge >= 0.3 is 0 Å². The Kier molecular flexibility index (Phi) is 5.07. The molecule has 2 aliphatic rings. The highest BCUT2D eigenvalue weighted by atomic mass is 16.5. The van der Waals surface area contributed by atoms with Gasteiger partial charge in [-0.3, -0.25) is 0 Å². The number of nitrogens with zero attached hydrogens (tertiary/aromatic N) is 1. The molecule has 0 aliphatic carbocycles. The molecule has 0 amide bonds. The summed E-state index contributed by atoms with van der Waals surface area (Å²) in [6.45, 7) is 5.52. The lowest BCUT2D eigenvalue weighted by Crippen LogP contribution is -2.37. The molecule has 2 atom stereocenters. The fourth-order valence-electron chi connectivity index (χ4n) is 2.83. The Bertz CT molecular complexity index is 192. The van der Waals surface area contributed by atoms with Crippen LogP contribution in [0, 0.1) is 5.92 Å². The molecular formula is C13H26N2O. The van der Waals surface area contributed by atoms with E-state index in [1.54, 1.807) is 0 Å². The molecule has 0 aromatic heterocycles. The smallest absolute Gasteiger partial charge is 0.0506 e. The third-order valence-corrected chi connectivity index (χ3v) is 4.03. The number of nitrogens with one attached hydrogen (secondary N) is 1. The average Bonchev–Trinajstić information content (AvgIpc) is 2.79. The van der Waals surface area contributed by atoms with Crippen molar-refractivity contribution in [3.05, 3.63) is 0 Å². The van der Waals surface area contributed by atoms with Crippen molar-refractivity contribution < 1.29 is 4.74 Å². The molecule has 94 valence electrons. The van der Waals surface area contributed by atoms with Crippen molar-refractivity contribution in [2.75, 3.05) is 39.9 Å². The summed E-state index contributed by atoms with van der Waals surface area (Å²) in [5, 5.41) is 3.38. The van der Waals surface area contributed by atoms with Gasteiger partial charge in [-0.25, -0.2) is 0 Å². The Morgan fingerprint density at radius 3 is 3.00 bits per heavy atom. The zero-order chi connectivity index (χ0) is 11.2. The molecule has 2 saturated heterocycles. The Morgan fingerprint density at radius 2 is 2.25 bits per heavy atom. The first-order valence-corrected chi connectivity index (χ1v) is 6.85. The second-order valence-electron chi connectivity index (χ2n) is 5.35. The molecule has 0 aromatic carbocycles. The minimum absolute atomic E-state index is 0.768. The number of likely N-dealkylation sites (tertiary alicyclic amines) is 1. The van der Waals surface area contributed by atoms with E-state index in [0.29, 0.717) is 0 Å². The minimum atomic E-state index is 0.768. The summed E-state index contributed by atoms with van der Waals surface area (Å²) in [5.41, 5.74) is 0. The highest BCUT2D eigenvalue weighted by Gasteiger charge is 2.19. The number of hydrogen-bond acceptors (Lipinski definition) is 3. The van der Waals surface area contributed by atoms with Crippen LogP contribution in [0.5, 0.6) is 0 Å². The molecule has 1 N–H and O–H groups in total. The van der Waals surface area contributed by atoms with Gasteiger partial charge in [-0.15, -0.1) is 0 Å². The highest BCUT2D eigenvalue weighted by molar-refractivity contribution is 4.74. The summed E-state index contributed by atoms with van der Waals surface area (Å²) in [6.07, 6.45) is 6.66. The van der Waals surface area contributed by atoms with Crippen LogP contribution in [-0.2, 0) is 4.74 Å². The Balaban J connectivity index is 1.53. The van der Waals surface area contributed by atoms with Gasteiger partial charge in [0.25, 0.3) is 0 Å². The fraction of sp³-hybridized carbons (Fsp3) is 1.00. The zero-order valence-electron chi connectivity index (χ0n) is 10.6. The third-order valence-electron chi connectivity index (χ3n) is 4.03. The van der Waals surface area contributed by atoms with Crippen LogP contribution < -0.4 is 5.32 Å². The van der Waals surface area contributed by atoms with Gasteiger partial charge in [-0.2, -0.15) is 0 Å². The molecule has 0 bridgehead atoms. The van der Waals surface area contributed by atoms with E-state index in [2.05, 4.69) is 17.3 Å². The summed E-state index contributed by atoms with van der Waals surface area (Å²) in [4.78, 5) is 2.50. The van der Waals surface area contributed by atoms with E-state index >= 15 is 0 Å². The van der Waals surface area contributed by atoms with E-state index in [-0.39, 0.29) is 0 Å². The maximum atomic E-state index is 5.80. The molecule has 2 unspecified atom stereocenters. The van der Waals surface area contributed by atoms with Crippen molar-refractivity contribution in [1.82, 2.24) is 10.2 Å². The first-order chi connectivity index (χ1) is 7.86. The van der Waals surface area contributed by atoms with Gasteiger partial charge in [0.05, 0.1) is 6.61 Å². The predicted molar refractivity (Wildman–Crippen MR) is 66.7 cm³/mol. The lowest BCUT2D eigenvalue weighted by molar-refractivity contribution is 0.0743. The van der Waals surface area contributed by atoms with E-state index in [0.717, 1.165) is 31.7 Å². The molecule has 16 heavy (non-hydrogen) atoms. The van der Waals surface area contributed by atoms with Gasteiger partial charge in [-0.05, 0) is 51.7 Å². The van der Waals surface area contributed by atoms with Crippen molar-refractivity contribution in [2.24, 2.45) is 5.92 Å². The first-order valence-electron chi connectivity index (χ1n) is 6.85. The molecule has 3 nitrogen and oxygen atoms in total. The summed E-state index contributed by atoms with van der Waals surface area (Å²) in [7, 11) is 2.25. The Labute approximate surface area is 99.5 Å². The lowest BCUT2D eigenvalue weighted by atomic mass is 10.0. The van der Waals surface area contributed by atoms with Crippen molar-refractivity contribution in [1.29, 1.82) is 0 Å². The van der Waals surface area contributed by atoms with Gasteiger partial charge < -0.3 is 15.0 Å². The molecule has 0 saturated carbocycles. The zero-order valence-corrected chi connectivity index (χ0v) is 10.6. The number of ether oxygens (including phenoxy) is 1. The van der Waals surface area contributed by atoms with Gasteiger partial charge in [0.15, 0.2) is 0 Å². The van der Waals surface area contributed by atoms with Crippen LogP contribution in [0.2, 0.25) is 0 Å². The van der Waals surface area contributed by atoms with Crippen molar-refractivity contribution in [2.45, 2.75) is 38.1 Å². The Hall–Kier alpha value is -0.120. The maximum Gasteiger partial charge on any atom is 0.0506 e. The molecule has 0 aromatic rings. The predicted octanol–water partition coefficient (Wildman–Crippen LogP) is 1.49. The summed E-state index contributed by atoms with van der Waals surface area (Å²) >= 11 is 0. The highest BCUT2D eigenvalue weighted by Crippen LogP contribution is 2.17. The van der Waals surface area contributed by atoms with Crippen LogP contribution in [0.15, 0.2) is 0 Å². The second-order valence-corrected chi connectivity index (χ2v) is 5.35. The van der Waals surface area contributed by atoms with Crippen LogP contribution in [0.1, 0.15) is 32.1 Å². The van der Waals surface area contributed by atoms with Gasteiger partial charge in [-0.1, -0.05) is 6.42 Å². The van der Waals surface area contributed by atoms with E-state index in [4.69, 9.17) is 4.74 Å². The Morgan fingerprint density at radius 1 is 1.31 bits per heavy atom. The normalized spacial score (nSPS) is 32.1. The summed E-state index contributed by atoms with van der Waals surface area (Å²) in [5.74, 6) is 0.768. The first kappa shape index (κ1) is 12.3. The standard InChI is InChI=1S/C13H26N2O/c1-15-8-3-2-4-13(15)6-9-16-11-12-5-7-14-10-12/h12-14H,2-11H2,1H3. The lowest BCUT2D eigenvalue weighted by Gasteiger charge is -2.32. The van der Waals surface area contributed by atoms with Gasteiger partial charge in [0, 0.05) is 19.2 Å². The monoisotopic (exact) mass is 226 g/mol. The molecule has 2 fully saturated rings. The quantitative estimate of drug-likeness (QED) is 0.719. The van der Waals surface area contributed by atoms with Crippen LogP contribution >= 0.6 is 0 Å². The van der Waals surface area contributed by atoms with Crippen molar-refractivity contribution in [3.63, 3.8) is 0 Å². The third kappa shape index (κ3) is 3.72. The van der Waals surface area contributed by atoms with E-state index in [9.17, 15) is 0 Å². The van der Waals surface area contributed by atoms with Crippen LogP contribution in [0.3, 0.4) is 0 Å². The summed E-state index contributed by atoms with van der Waals surface area (Å²) in [6, 6.07) is 0.774. The van der Waals surface area contributed by atoms with Crippen LogP contribution in [-0.4, -0.2) is 50.8 Å². The van der Waals surface area contributed by atoms with E-state index in [1.807, 2.05) is 0 Å². The largest absolute Gasteiger partial charge is 0.381 e. The SMILES string of the molecule is CN1CCCCC1CCOCC1CCNC1. The van der Waals surface area contributed by atoms with Crippen molar-refractivity contribution in [3.8, 4) is 0 Å². The molecule has 3 heteroatoms. The topological polar surface area (TPSA) is 24.5 Å². The summed E-state index contributed by atoms with van der Waals surface area (Å²) < 4.78 is 5.80. The van der Waals surface area contributed by atoms with Crippen molar-refractivity contribution >= 4 is 0 Å². The van der Waals surface area contributed by atoms with Crippen LogP contribution in [0.4, 0.5) is 0 Å². The van der Waals surface area contributed by atoms with E-state index in [1.165, 1.54) is 45.2 Å².